The first-order chi connectivity index (χ1) is 5.48. The lowest BCUT2D eigenvalue weighted by atomic mass is 10.3. The molecule has 0 aliphatic heterocycles. The van der Waals surface area contributed by atoms with Crippen LogP contribution in [0.15, 0.2) is 0 Å². The molecule has 0 fully saturated rings. The average Bonchev–Trinajstić information content (AvgIpc) is 1.98. The zero-order valence-corrected chi connectivity index (χ0v) is 9.43. The molecule has 0 heterocycles. The Morgan fingerprint density at radius 1 is 1.00 bits per heavy atom. The highest BCUT2D eigenvalue weighted by Crippen LogP contribution is 2.00. The highest BCUT2D eigenvalue weighted by molar-refractivity contribution is 4.42. The first-order valence-electron chi connectivity index (χ1n) is 4.94. The van der Waals surface area contributed by atoms with Gasteiger partial charge in [-0.05, 0) is 20.5 Å². The number of unbranched alkanes of at least 4 members (excludes halogenated alkanes) is 1. The summed E-state index contributed by atoms with van der Waals surface area (Å²) in [5.74, 6) is 0. The van der Waals surface area contributed by atoms with Crippen molar-refractivity contribution in [3.63, 3.8) is 0 Å². The Bertz CT molecular complexity index is 109. The molecular weight excluding hydrogens is 172 g/mol. The summed E-state index contributed by atoms with van der Waals surface area (Å²) in [6.07, 6.45) is 2.66. The van der Waals surface area contributed by atoms with Crippen LogP contribution in [-0.2, 0) is 0 Å². The SMILES string of the molecule is C.C.CCCC[N+](C)(C)CCN(C)C. The molecule has 0 bridgehead atoms. The van der Waals surface area contributed by atoms with E-state index in [9.17, 15) is 0 Å². The molecule has 0 aromatic carbocycles. The van der Waals surface area contributed by atoms with E-state index in [-0.39, 0.29) is 14.9 Å². The van der Waals surface area contributed by atoms with Crippen LogP contribution in [-0.4, -0.2) is 57.2 Å². The fourth-order valence-corrected chi connectivity index (χ4v) is 1.17. The van der Waals surface area contributed by atoms with Gasteiger partial charge in [0, 0.05) is 6.54 Å². The van der Waals surface area contributed by atoms with Gasteiger partial charge in [0.1, 0.15) is 0 Å². The van der Waals surface area contributed by atoms with Crippen LogP contribution in [0.3, 0.4) is 0 Å². The summed E-state index contributed by atoms with van der Waals surface area (Å²) in [6, 6.07) is 0. The van der Waals surface area contributed by atoms with Crippen LogP contribution in [0.4, 0.5) is 0 Å². The fourth-order valence-electron chi connectivity index (χ4n) is 1.17. The molecule has 90 valence electrons. The molecule has 0 unspecified atom stereocenters. The quantitative estimate of drug-likeness (QED) is 0.603. The largest absolute Gasteiger partial charge is 0.327 e. The number of quaternary nitrogens is 1. The van der Waals surface area contributed by atoms with E-state index < -0.39 is 0 Å². The molecule has 0 saturated carbocycles. The van der Waals surface area contributed by atoms with Crippen molar-refractivity contribution >= 4 is 0 Å². The van der Waals surface area contributed by atoms with Crippen molar-refractivity contribution in [3.05, 3.63) is 0 Å². The van der Waals surface area contributed by atoms with Crippen molar-refractivity contribution in [1.82, 2.24) is 4.90 Å². The third-order valence-electron chi connectivity index (χ3n) is 2.27. The van der Waals surface area contributed by atoms with E-state index in [0.29, 0.717) is 0 Å². The predicted octanol–water partition coefficient (Wildman–Crippen LogP) is 2.70. The third-order valence-corrected chi connectivity index (χ3v) is 2.27. The third kappa shape index (κ3) is 11.9. The molecule has 0 aromatic rings. The maximum absolute atomic E-state index is 2.32. The zero-order valence-electron chi connectivity index (χ0n) is 9.43. The highest BCUT2D eigenvalue weighted by atomic mass is 15.3. The monoisotopic (exact) mass is 205 g/mol. The summed E-state index contributed by atoms with van der Waals surface area (Å²) in [6.45, 7) is 6.01. The van der Waals surface area contributed by atoms with Crippen LogP contribution in [0.25, 0.3) is 0 Å². The standard InChI is InChI=1S/C10H25N2.2CH4/c1-6-7-9-12(4,5)10-8-11(2)3;;/h6-10H2,1-5H3;2*1H4/q+1;;. The second-order valence-corrected chi connectivity index (χ2v) is 4.54. The van der Waals surface area contributed by atoms with E-state index in [1.807, 2.05) is 0 Å². The van der Waals surface area contributed by atoms with Crippen LogP contribution in [0.2, 0.25) is 0 Å². The molecule has 0 amide bonds. The number of rotatable bonds is 6. The van der Waals surface area contributed by atoms with Crippen LogP contribution >= 0.6 is 0 Å². The minimum Gasteiger partial charge on any atom is -0.327 e. The van der Waals surface area contributed by atoms with Crippen LogP contribution in [0, 0.1) is 0 Å². The fraction of sp³-hybridized carbons (Fsp3) is 1.00. The summed E-state index contributed by atoms with van der Waals surface area (Å²) in [5, 5.41) is 0. The Hall–Kier alpha value is -0.0800. The summed E-state index contributed by atoms with van der Waals surface area (Å²) >= 11 is 0. The Morgan fingerprint density at radius 2 is 1.50 bits per heavy atom. The van der Waals surface area contributed by atoms with Gasteiger partial charge in [0.05, 0.1) is 27.2 Å². The van der Waals surface area contributed by atoms with Crippen molar-refractivity contribution in [2.45, 2.75) is 34.6 Å². The molecule has 0 saturated heterocycles. The normalized spacial score (nSPS) is 10.7. The van der Waals surface area contributed by atoms with E-state index in [4.69, 9.17) is 0 Å². The Labute approximate surface area is 92.5 Å². The minimum absolute atomic E-state index is 0. The zero-order chi connectivity index (χ0) is 9.61. The first-order valence-corrected chi connectivity index (χ1v) is 4.94. The molecule has 2 nitrogen and oxygen atoms in total. The molecule has 0 atom stereocenters. The van der Waals surface area contributed by atoms with E-state index in [0.717, 1.165) is 4.48 Å². The van der Waals surface area contributed by atoms with Gasteiger partial charge in [-0.1, -0.05) is 28.2 Å². The Kier molecular flexibility index (Phi) is 13.2. The maximum atomic E-state index is 2.32. The van der Waals surface area contributed by atoms with Crippen molar-refractivity contribution < 1.29 is 4.48 Å². The van der Waals surface area contributed by atoms with Crippen LogP contribution in [0.1, 0.15) is 34.6 Å². The highest BCUT2D eigenvalue weighted by Gasteiger charge is 2.13. The van der Waals surface area contributed by atoms with E-state index >= 15 is 0 Å². The molecule has 0 radical (unpaired) electrons. The lowest BCUT2D eigenvalue weighted by Gasteiger charge is -2.30. The Balaban J connectivity index is -0.000000605. The summed E-state index contributed by atoms with van der Waals surface area (Å²) < 4.78 is 1.16. The van der Waals surface area contributed by atoms with Gasteiger partial charge in [-0.15, -0.1) is 0 Å². The first kappa shape index (κ1) is 19.5. The van der Waals surface area contributed by atoms with Gasteiger partial charge in [-0.2, -0.15) is 0 Å². The molecule has 0 aliphatic carbocycles. The van der Waals surface area contributed by atoms with Gasteiger partial charge in [-0.25, -0.2) is 0 Å². The van der Waals surface area contributed by atoms with Crippen molar-refractivity contribution in [2.24, 2.45) is 0 Å². The number of hydrogen-bond donors (Lipinski definition) is 0. The van der Waals surface area contributed by atoms with Gasteiger partial charge < -0.3 is 9.38 Å². The van der Waals surface area contributed by atoms with Crippen molar-refractivity contribution in [1.29, 1.82) is 0 Å². The minimum atomic E-state index is 0. The van der Waals surface area contributed by atoms with E-state index in [2.05, 4.69) is 40.0 Å². The maximum Gasteiger partial charge on any atom is 0.0911 e. The molecule has 0 aromatic heterocycles. The van der Waals surface area contributed by atoms with Crippen LogP contribution in [0.5, 0.6) is 0 Å². The predicted molar refractivity (Wildman–Crippen MR) is 68.8 cm³/mol. The molecule has 0 spiro atoms. The van der Waals surface area contributed by atoms with E-state index in [1.54, 1.807) is 0 Å². The van der Waals surface area contributed by atoms with Crippen molar-refractivity contribution in [2.75, 3.05) is 47.8 Å². The topological polar surface area (TPSA) is 3.24 Å². The summed E-state index contributed by atoms with van der Waals surface area (Å²) in [4.78, 5) is 2.26. The number of hydrogen-bond acceptors (Lipinski definition) is 1. The second-order valence-electron chi connectivity index (χ2n) is 4.54. The van der Waals surface area contributed by atoms with Gasteiger partial charge in [0.15, 0.2) is 0 Å². The van der Waals surface area contributed by atoms with Gasteiger partial charge in [-0.3, -0.25) is 0 Å². The lowest BCUT2D eigenvalue weighted by molar-refractivity contribution is -0.890. The molecule has 0 N–H and O–H groups in total. The number of nitrogens with zero attached hydrogens (tertiary/aromatic N) is 2. The van der Waals surface area contributed by atoms with Gasteiger partial charge >= 0.3 is 0 Å². The smallest absolute Gasteiger partial charge is 0.0911 e. The molecule has 0 aliphatic rings. The number of likely N-dealkylation sites (N-methyl/N-ethyl adjacent to an activating group) is 2. The molecule has 14 heavy (non-hydrogen) atoms. The summed E-state index contributed by atoms with van der Waals surface area (Å²) in [5.41, 5.74) is 0. The van der Waals surface area contributed by atoms with Crippen LogP contribution < -0.4 is 0 Å². The molecular formula is C12H33N2+. The van der Waals surface area contributed by atoms with E-state index in [1.165, 1.54) is 32.5 Å². The molecule has 0 rings (SSSR count). The lowest BCUT2D eigenvalue weighted by Crippen LogP contribution is -2.44. The average molecular weight is 205 g/mol. The van der Waals surface area contributed by atoms with Gasteiger partial charge in [0.25, 0.3) is 0 Å². The molecule has 2 heteroatoms. The summed E-state index contributed by atoms with van der Waals surface area (Å²) in [7, 11) is 8.91. The second kappa shape index (κ2) is 9.47. The van der Waals surface area contributed by atoms with Crippen molar-refractivity contribution in [3.8, 4) is 0 Å². The Morgan fingerprint density at radius 3 is 1.86 bits per heavy atom. The van der Waals surface area contributed by atoms with Gasteiger partial charge in [0.2, 0.25) is 0 Å².